The Kier molecular flexibility index (Phi) is 4.27. The molecule has 0 radical (unpaired) electrons. The first kappa shape index (κ1) is 17.4. The van der Waals surface area contributed by atoms with Crippen LogP contribution in [0.4, 0.5) is 0 Å². The molecule has 2 amide bonds. The van der Waals surface area contributed by atoms with Crippen molar-refractivity contribution in [2.24, 2.45) is 10.9 Å². The monoisotopic (exact) mass is 340 g/mol. The number of nitrogens with zero attached hydrogens (tertiary/aromatic N) is 1. The summed E-state index contributed by atoms with van der Waals surface area (Å²) in [5.74, 6) is 0.124. The summed E-state index contributed by atoms with van der Waals surface area (Å²) >= 11 is 0. The summed E-state index contributed by atoms with van der Waals surface area (Å²) in [6.45, 7) is 9.98. The fourth-order valence-electron chi connectivity index (χ4n) is 3.48. The molecule has 1 atom stereocenters. The highest BCUT2D eigenvalue weighted by Gasteiger charge is 2.32. The van der Waals surface area contributed by atoms with E-state index in [0.717, 1.165) is 28.9 Å². The molecule has 2 aliphatic rings. The van der Waals surface area contributed by atoms with Crippen LogP contribution < -0.4 is 10.1 Å². The average Bonchev–Trinajstić information content (AvgIpc) is 2.80. The standard InChI is InChI=1S/C20H24N2O3/c1-11-6-13(3)22-19(24)16(11)10-21-18(23)14-7-12(2)17-15(8-14)9-20(4,5)25-17/h6-8,16H,9-10H2,1-5H3,(H,21,23). The number of dihydropyridines is 1. The van der Waals surface area contributed by atoms with Gasteiger partial charge in [0, 0.05) is 24.2 Å². The minimum absolute atomic E-state index is 0.178. The van der Waals surface area contributed by atoms with Crippen LogP contribution in [0.2, 0.25) is 0 Å². The Morgan fingerprint density at radius 1 is 1.32 bits per heavy atom. The Hall–Kier alpha value is -2.43. The molecule has 2 aliphatic heterocycles. The predicted octanol–water partition coefficient (Wildman–Crippen LogP) is 3.00. The lowest BCUT2D eigenvalue weighted by atomic mass is 9.95. The van der Waals surface area contributed by atoms with Gasteiger partial charge in [0.1, 0.15) is 11.4 Å². The zero-order valence-electron chi connectivity index (χ0n) is 15.4. The van der Waals surface area contributed by atoms with Gasteiger partial charge in [-0.05, 0) is 64.0 Å². The topological polar surface area (TPSA) is 67.8 Å². The van der Waals surface area contributed by atoms with Gasteiger partial charge in [0.2, 0.25) is 0 Å². The number of hydrogen-bond donors (Lipinski definition) is 1. The van der Waals surface area contributed by atoms with E-state index >= 15 is 0 Å². The molecule has 2 heterocycles. The quantitative estimate of drug-likeness (QED) is 0.920. The second kappa shape index (κ2) is 6.14. The third-order valence-electron chi connectivity index (χ3n) is 4.65. The number of aryl methyl sites for hydroxylation is 1. The van der Waals surface area contributed by atoms with E-state index in [-0.39, 0.29) is 29.9 Å². The summed E-state index contributed by atoms with van der Waals surface area (Å²) in [5.41, 5.74) is 4.01. The first-order chi connectivity index (χ1) is 11.7. The Morgan fingerprint density at radius 2 is 2.04 bits per heavy atom. The highest BCUT2D eigenvalue weighted by molar-refractivity contribution is 6.06. The van der Waals surface area contributed by atoms with Gasteiger partial charge in [-0.15, -0.1) is 0 Å². The molecule has 1 aromatic rings. The number of hydrogen-bond acceptors (Lipinski definition) is 3. The Balaban J connectivity index is 1.72. The van der Waals surface area contributed by atoms with Crippen molar-refractivity contribution in [1.82, 2.24) is 5.32 Å². The van der Waals surface area contributed by atoms with Crippen molar-refractivity contribution in [2.45, 2.75) is 46.6 Å². The highest BCUT2D eigenvalue weighted by Crippen LogP contribution is 2.38. The van der Waals surface area contributed by atoms with Crippen molar-refractivity contribution in [3.05, 3.63) is 40.5 Å². The number of carbonyl (C=O) groups excluding carboxylic acids is 2. The SMILES string of the molecule is CC1=CC(C)=NC(=O)C1CNC(=O)c1cc(C)c2c(c1)CC(C)(C)O2. The minimum atomic E-state index is -0.384. The molecular weight excluding hydrogens is 316 g/mol. The summed E-state index contributed by atoms with van der Waals surface area (Å²) in [6.07, 6.45) is 2.67. The van der Waals surface area contributed by atoms with Gasteiger partial charge in [0.05, 0.1) is 5.92 Å². The number of nitrogens with one attached hydrogen (secondary N) is 1. The van der Waals surface area contributed by atoms with Crippen molar-refractivity contribution in [1.29, 1.82) is 0 Å². The average molecular weight is 340 g/mol. The minimum Gasteiger partial charge on any atom is -0.487 e. The zero-order valence-corrected chi connectivity index (χ0v) is 15.4. The van der Waals surface area contributed by atoms with Crippen LogP contribution in [0.25, 0.3) is 0 Å². The summed E-state index contributed by atoms with van der Waals surface area (Å²) in [7, 11) is 0. The van der Waals surface area contributed by atoms with Crippen LogP contribution >= 0.6 is 0 Å². The molecule has 0 saturated heterocycles. The smallest absolute Gasteiger partial charge is 0.254 e. The Bertz CT molecular complexity index is 818. The molecule has 132 valence electrons. The van der Waals surface area contributed by atoms with E-state index in [1.54, 1.807) is 6.92 Å². The highest BCUT2D eigenvalue weighted by atomic mass is 16.5. The van der Waals surface area contributed by atoms with E-state index < -0.39 is 0 Å². The van der Waals surface area contributed by atoms with E-state index in [1.807, 2.05) is 45.9 Å². The third kappa shape index (κ3) is 3.50. The van der Waals surface area contributed by atoms with Crippen molar-refractivity contribution in [3.8, 4) is 5.75 Å². The van der Waals surface area contributed by atoms with Crippen LogP contribution in [0.3, 0.4) is 0 Å². The molecule has 5 nitrogen and oxygen atoms in total. The Morgan fingerprint density at radius 3 is 2.72 bits per heavy atom. The fourth-order valence-corrected chi connectivity index (χ4v) is 3.48. The van der Waals surface area contributed by atoms with Crippen LogP contribution in [-0.2, 0) is 11.2 Å². The summed E-state index contributed by atoms with van der Waals surface area (Å²) in [4.78, 5) is 28.6. The maximum atomic E-state index is 12.6. The molecule has 0 bridgehead atoms. The lowest BCUT2D eigenvalue weighted by molar-refractivity contribution is -0.120. The van der Waals surface area contributed by atoms with E-state index in [0.29, 0.717) is 11.3 Å². The molecule has 1 N–H and O–H groups in total. The number of ether oxygens (including phenoxy) is 1. The van der Waals surface area contributed by atoms with E-state index in [2.05, 4.69) is 10.3 Å². The first-order valence-corrected chi connectivity index (χ1v) is 8.54. The van der Waals surface area contributed by atoms with Crippen molar-refractivity contribution >= 4 is 17.5 Å². The maximum absolute atomic E-state index is 12.6. The maximum Gasteiger partial charge on any atom is 0.254 e. The first-order valence-electron chi connectivity index (χ1n) is 8.54. The fraction of sp³-hybridized carbons (Fsp3) is 0.450. The number of carbonyl (C=O) groups is 2. The van der Waals surface area contributed by atoms with Gasteiger partial charge in [-0.25, -0.2) is 4.99 Å². The molecular formula is C20H24N2O3. The van der Waals surface area contributed by atoms with Gasteiger partial charge < -0.3 is 10.1 Å². The number of aliphatic imine (C=N–C) groups is 1. The van der Waals surface area contributed by atoms with E-state index in [4.69, 9.17) is 4.74 Å². The second-order valence-electron chi connectivity index (χ2n) is 7.56. The molecule has 1 aromatic carbocycles. The number of rotatable bonds is 3. The lowest BCUT2D eigenvalue weighted by Crippen LogP contribution is -2.34. The second-order valence-corrected chi connectivity index (χ2v) is 7.56. The zero-order chi connectivity index (χ0) is 18.4. The molecule has 0 aromatic heterocycles. The number of amides is 2. The number of benzene rings is 1. The predicted molar refractivity (Wildman–Crippen MR) is 97.3 cm³/mol. The molecule has 25 heavy (non-hydrogen) atoms. The van der Waals surface area contributed by atoms with Gasteiger partial charge in [-0.1, -0.05) is 5.57 Å². The van der Waals surface area contributed by atoms with E-state index in [9.17, 15) is 9.59 Å². The number of fused-ring (bicyclic) bond motifs is 1. The van der Waals surface area contributed by atoms with Crippen LogP contribution in [0.5, 0.6) is 5.75 Å². The van der Waals surface area contributed by atoms with Gasteiger partial charge in [0.25, 0.3) is 11.8 Å². The van der Waals surface area contributed by atoms with Crippen LogP contribution in [-0.4, -0.2) is 29.7 Å². The van der Waals surface area contributed by atoms with Crippen molar-refractivity contribution in [3.63, 3.8) is 0 Å². The number of allylic oxidation sites excluding steroid dienone is 1. The van der Waals surface area contributed by atoms with Gasteiger partial charge in [-0.2, -0.15) is 0 Å². The summed E-state index contributed by atoms with van der Waals surface area (Å²) < 4.78 is 5.95. The van der Waals surface area contributed by atoms with Crippen molar-refractivity contribution < 1.29 is 14.3 Å². The largest absolute Gasteiger partial charge is 0.487 e. The summed E-state index contributed by atoms with van der Waals surface area (Å²) in [5, 5.41) is 2.87. The third-order valence-corrected chi connectivity index (χ3v) is 4.65. The molecule has 0 saturated carbocycles. The molecule has 0 spiro atoms. The molecule has 3 rings (SSSR count). The van der Waals surface area contributed by atoms with Crippen LogP contribution in [0.15, 0.2) is 28.8 Å². The van der Waals surface area contributed by atoms with Gasteiger partial charge in [-0.3, -0.25) is 9.59 Å². The van der Waals surface area contributed by atoms with Crippen LogP contribution in [0, 0.1) is 12.8 Å². The lowest BCUT2D eigenvalue weighted by Gasteiger charge is -2.19. The molecule has 0 fully saturated rings. The molecule has 1 unspecified atom stereocenters. The van der Waals surface area contributed by atoms with Crippen LogP contribution in [0.1, 0.15) is 49.2 Å². The van der Waals surface area contributed by atoms with Gasteiger partial charge in [0.15, 0.2) is 0 Å². The van der Waals surface area contributed by atoms with Crippen molar-refractivity contribution in [2.75, 3.05) is 6.54 Å². The normalized spacial score (nSPS) is 21.2. The van der Waals surface area contributed by atoms with E-state index in [1.165, 1.54) is 0 Å². The molecule has 0 aliphatic carbocycles. The summed E-state index contributed by atoms with van der Waals surface area (Å²) in [6, 6.07) is 3.73. The Labute approximate surface area is 148 Å². The molecule has 5 heteroatoms. The van der Waals surface area contributed by atoms with Gasteiger partial charge >= 0.3 is 0 Å².